The number of carbonyl (C=O) groups excluding carboxylic acids is 4. The highest BCUT2D eigenvalue weighted by atomic mass is 16.6. The van der Waals surface area contributed by atoms with E-state index in [1.165, 1.54) is 6.92 Å². The Bertz CT molecular complexity index is 1610. The number of alkyl carbamates (subject to hydrolysis) is 2. The van der Waals surface area contributed by atoms with Crippen molar-refractivity contribution in [3.05, 3.63) is 95.6 Å². The second-order valence-corrected chi connectivity index (χ2v) is 13.3. The summed E-state index contributed by atoms with van der Waals surface area (Å²) >= 11 is 0. The maximum absolute atomic E-state index is 13.4. The number of amides is 4. The van der Waals surface area contributed by atoms with Gasteiger partial charge in [0.2, 0.25) is 11.8 Å². The Balaban J connectivity index is 1.31. The van der Waals surface area contributed by atoms with Gasteiger partial charge in [-0.2, -0.15) is 0 Å². The number of hydrogen-bond acceptors (Lipinski definition) is 7. The summed E-state index contributed by atoms with van der Waals surface area (Å²) in [6.07, 6.45) is -0.315. The quantitative estimate of drug-likeness (QED) is 0.140. The van der Waals surface area contributed by atoms with Gasteiger partial charge in [-0.15, -0.1) is 0 Å². The Morgan fingerprint density at radius 1 is 0.740 bits per heavy atom. The van der Waals surface area contributed by atoms with E-state index in [4.69, 9.17) is 9.47 Å². The molecule has 0 heterocycles. The summed E-state index contributed by atoms with van der Waals surface area (Å²) in [5.74, 6) is -2.71. The molecule has 0 radical (unpaired) electrons. The Hall–Kier alpha value is -5.39. The predicted molar refractivity (Wildman–Crippen MR) is 187 cm³/mol. The smallest absolute Gasteiger partial charge is 0.407 e. The van der Waals surface area contributed by atoms with E-state index in [1.54, 1.807) is 45.0 Å². The summed E-state index contributed by atoms with van der Waals surface area (Å²) in [6.45, 7) is 7.07. The SMILES string of the molecule is C[C@H](NC(=O)OCC1c2ccccc2-c2ccccc21)C(=O)N[C@@H](Cc1ccccc1)C(=O)N[C@H](CCCCNC(=O)OC(C)(C)C)C(=O)O. The van der Waals surface area contributed by atoms with E-state index in [2.05, 4.69) is 21.3 Å². The van der Waals surface area contributed by atoms with Crippen molar-refractivity contribution in [3.63, 3.8) is 0 Å². The van der Waals surface area contributed by atoms with Crippen LogP contribution in [0.5, 0.6) is 0 Å². The lowest BCUT2D eigenvalue weighted by molar-refractivity contribution is -0.142. The Labute approximate surface area is 292 Å². The molecule has 0 saturated carbocycles. The van der Waals surface area contributed by atoms with Crippen LogP contribution in [0.3, 0.4) is 0 Å². The van der Waals surface area contributed by atoms with Crippen molar-refractivity contribution in [1.29, 1.82) is 0 Å². The van der Waals surface area contributed by atoms with Gasteiger partial charge in [0.25, 0.3) is 0 Å². The summed E-state index contributed by atoms with van der Waals surface area (Å²) < 4.78 is 10.8. The van der Waals surface area contributed by atoms with Gasteiger partial charge in [-0.1, -0.05) is 78.9 Å². The minimum Gasteiger partial charge on any atom is -0.480 e. The molecule has 0 fully saturated rings. The molecule has 12 nitrogen and oxygen atoms in total. The predicted octanol–water partition coefficient (Wildman–Crippen LogP) is 4.91. The molecule has 0 aliphatic heterocycles. The fraction of sp³-hybridized carbons (Fsp3) is 0.395. The van der Waals surface area contributed by atoms with Gasteiger partial charge in [-0.05, 0) is 74.8 Å². The molecule has 0 unspecified atom stereocenters. The normalized spacial score (nSPS) is 13.8. The molecule has 0 saturated heterocycles. The zero-order chi connectivity index (χ0) is 36.3. The molecular weight excluding hydrogens is 640 g/mol. The molecular formula is C38H46N4O8. The van der Waals surface area contributed by atoms with Crippen molar-refractivity contribution in [2.24, 2.45) is 0 Å². The highest BCUT2D eigenvalue weighted by Crippen LogP contribution is 2.44. The van der Waals surface area contributed by atoms with Crippen LogP contribution in [0.4, 0.5) is 9.59 Å². The first-order valence-electron chi connectivity index (χ1n) is 16.8. The molecule has 0 bridgehead atoms. The average molecular weight is 687 g/mol. The molecule has 0 aromatic heterocycles. The number of rotatable bonds is 15. The second kappa shape index (κ2) is 17.3. The summed E-state index contributed by atoms with van der Waals surface area (Å²) in [4.78, 5) is 63.4. The number of unbranched alkanes of at least 4 members (excludes halogenated alkanes) is 1. The Kier molecular flexibility index (Phi) is 13.0. The number of carboxylic acid groups (broad SMARTS) is 1. The standard InChI is InChI=1S/C38H46N4O8/c1-24(40-37(48)49-23-30-28-18-10-8-16-26(28)27-17-9-11-19-29(27)30)33(43)42-32(22-25-14-6-5-7-15-25)34(44)41-31(35(45)46)20-12-13-21-39-36(47)50-38(2,3)4/h5-11,14-19,24,30-32H,12-13,20-23H2,1-4H3,(H,39,47)(H,40,48)(H,41,44)(H,42,43)(H,45,46)/t24-,31+,32-/m0/s1. The van der Waals surface area contributed by atoms with Crippen LogP contribution >= 0.6 is 0 Å². The van der Waals surface area contributed by atoms with Crippen molar-refractivity contribution < 1.29 is 38.6 Å². The minimum absolute atomic E-state index is 0.0703. The van der Waals surface area contributed by atoms with E-state index in [1.807, 2.05) is 54.6 Å². The van der Waals surface area contributed by atoms with Crippen LogP contribution in [0.25, 0.3) is 11.1 Å². The van der Waals surface area contributed by atoms with Gasteiger partial charge >= 0.3 is 18.2 Å². The molecule has 3 atom stereocenters. The lowest BCUT2D eigenvalue weighted by Gasteiger charge is -2.23. The first kappa shape index (κ1) is 37.4. The summed E-state index contributed by atoms with van der Waals surface area (Å²) in [5.41, 5.74) is 4.39. The van der Waals surface area contributed by atoms with Crippen molar-refractivity contribution in [3.8, 4) is 11.1 Å². The van der Waals surface area contributed by atoms with Gasteiger partial charge in [0.1, 0.15) is 30.3 Å². The Morgan fingerprint density at radius 3 is 1.92 bits per heavy atom. The lowest BCUT2D eigenvalue weighted by Crippen LogP contribution is -2.55. The highest BCUT2D eigenvalue weighted by Gasteiger charge is 2.31. The van der Waals surface area contributed by atoms with Crippen molar-refractivity contribution in [2.75, 3.05) is 13.2 Å². The number of benzene rings is 3. The molecule has 1 aliphatic rings. The number of aliphatic carboxylic acids is 1. The molecule has 3 aromatic carbocycles. The first-order valence-corrected chi connectivity index (χ1v) is 16.8. The molecule has 4 rings (SSSR count). The number of hydrogen-bond donors (Lipinski definition) is 5. The zero-order valence-electron chi connectivity index (χ0n) is 28.9. The minimum atomic E-state index is -1.23. The summed E-state index contributed by atoms with van der Waals surface area (Å²) in [6, 6.07) is 21.5. The number of carbonyl (C=O) groups is 5. The van der Waals surface area contributed by atoms with Crippen LogP contribution in [0, 0.1) is 0 Å². The highest BCUT2D eigenvalue weighted by molar-refractivity contribution is 5.93. The van der Waals surface area contributed by atoms with Crippen molar-refractivity contribution in [1.82, 2.24) is 21.3 Å². The Morgan fingerprint density at radius 2 is 1.32 bits per heavy atom. The monoisotopic (exact) mass is 686 g/mol. The van der Waals surface area contributed by atoms with E-state index in [9.17, 15) is 29.1 Å². The fourth-order valence-corrected chi connectivity index (χ4v) is 5.75. The van der Waals surface area contributed by atoms with E-state index in [0.29, 0.717) is 12.8 Å². The molecule has 12 heteroatoms. The van der Waals surface area contributed by atoms with Crippen LogP contribution in [0.15, 0.2) is 78.9 Å². The summed E-state index contributed by atoms with van der Waals surface area (Å²) in [7, 11) is 0. The molecule has 3 aromatic rings. The van der Waals surface area contributed by atoms with Crippen LogP contribution < -0.4 is 21.3 Å². The van der Waals surface area contributed by atoms with Crippen molar-refractivity contribution >= 4 is 30.0 Å². The summed E-state index contributed by atoms with van der Waals surface area (Å²) in [5, 5.41) is 20.2. The van der Waals surface area contributed by atoms with Gasteiger partial charge < -0.3 is 35.8 Å². The number of nitrogens with one attached hydrogen (secondary N) is 4. The molecule has 0 spiro atoms. The van der Waals surface area contributed by atoms with Gasteiger partial charge in [0.15, 0.2) is 0 Å². The maximum atomic E-state index is 13.4. The largest absolute Gasteiger partial charge is 0.480 e. The van der Waals surface area contributed by atoms with Gasteiger partial charge in [-0.25, -0.2) is 14.4 Å². The molecule has 50 heavy (non-hydrogen) atoms. The van der Waals surface area contributed by atoms with Crippen LogP contribution in [0.1, 0.15) is 69.6 Å². The van der Waals surface area contributed by atoms with E-state index >= 15 is 0 Å². The molecule has 4 amide bonds. The average Bonchev–Trinajstić information content (AvgIpc) is 3.39. The van der Waals surface area contributed by atoms with E-state index in [0.717, 1.165) is 27.8 Å². The van der Waals surface area contributed by atoms with Gasteiger partial charge in [0, 0.05) is 18.9 Å². The van der Waals surface area contributed by atoms with E-state index in [-0.39, 0.29) is 31.9 Å². The van der Waals surface area contributed by atoms with Crippen molar-refractivity contribution in [2.45, 2.75) is 83.0 Å². The third-order valence-corrected chi connectivity index (χ3v) is 8.19. The first-order chi connectivity index (χ1) is 23.8. The number of carboxylic acids is 1. The third kappa shape index (κ3) is 10.8. The van der Waals surface area contributed by atoms with Crippen LogP contribution in [-0.4, -0.2) is 72.0 Å². The lowest BCUT2D eigenvalue weighted by atomic mass is 9.98. The fourth-order valence-electron chi connectivity index (χ4n) is 5.75. The number of ether oxygens (including phenoxy) is 2. The topological polar surface area (TPSA) is 172 Å². The van der Waals surface area contributed by atoms with Gasteiger partial charge in [0.05, 0.1) is 0 Å². The molecule has 266 valence electrons. The molecule has 1 aliphatic carbocycles. The number of fused-ring (bicyclic) bond motifs is 3. The third-order valence-electron chi connectivity index (χ3n) is 8.19. The van der Waals surface area contributed by atoms with Gasteiger partial charge in [-0.3, -0.25) is 9.59 Å². The maximum Gasteiger partial charge on any atom is 0.407 e. The van der Waals surface area contributed by atoms with Crippen LogP contribution in [0.2, 0.25) is 0 Å². The second-order valence-electron chi connectivity index (χ2n) is 13.3. The van der Waals surface area contributed by atoms with E-state index < -0.39 is 53.7 Å². The zero-order valence-corrected chi connectivity index (χ0v) is 28.9. The van der Waals surface area contributed by atoms with Crippen LogP contribution in [-0.2, 0) is 30.3 Å². The molecule has 5 N–H and O–H groups in total.